The largest absolute Gasteiger partial charge is 0.497 e. The quantitative estimate of drug-likeness (QED) is 0.557. The van der Waals surface area contributed by atoms with Crippen LogP contribution in [0.25, 0.3) is 0 Å². The number of thiophene rings is 1. The summed E-state index contributed by atoms with van der Waals surface area (Å²) in [6.07, 6.45) is 3.15. The van der Waals surface area contributed by atoms with Gasteiger partial charge >= 0.3 is 0 Å². The molecular weight excluding hydrogens is 440 g/mol. The van der Waals surface area contributed by atoms with Gasteiger partial charge in [0.15, 0.2) is 0 Å². The van der Waals surface area contributed by atoms with Crippen LogP contribution in [-0.4, -0.2) is 67.7 Å². The first-order valence-electron chi connectivity index (χ1n) is 11.6. The standard InChI is InChI=1S/C25H32N2O5S/c1-3-24(28)26(15-20-8-5-12-31-20)16-25(29)27-11-9-23-21(10-13-33-23)22(27)17-32-19-7-4-6-18(14-19)30-2/h4,6-7,10,13-14,20,22H,3,5,8-9,11-12,15-17H2,1-2H3/t20-,22-/m1/s1. The Bertz CT molecular complexity index is 956. The van der Waals surface area contributed by atoms with Gasteiger partial charge in [-0.1, -0.05) is 13.0 Å². The summed E-state index contributed by atoms with van der Waals surface area (Å²) in [6.45, 7) is 4.06. The van der Waals surface area contributed by atoms with Gasteiger partial charge in [-0.3, -0.25) is 9.59 Å². The van der Waals surface area contributed by atoms with E-state index in [0.717, 1.165) is 37.2 Å². The molecule has 2 atom stereocenters. The third-order valence-electron chi connectivity index (χ3n) is 6.29. The van der Waals surface area contributed by atoms with E-state index in [2.05, 4.69) is 11.4 Å². The van der Waals surface area contributed by atoms with Crippen molar-refractivity contribution in [2.75, 3.05) is 40.0 Å². The molecule has 3 heterocycles. The van der Waals surface area contributed by atoms with Crippen LogP contribution in [0.4, 0.5) is 0 Å². The molecule has 7 nitrogen and oxygen atoms in total. The maximum Gasteiger partial charge on any atom is 0.242 e. The molecule has 33 heavy (non-hydrogen) atoms. The summed E-state index contributed by atoms with van der Waals surface area (Å²) < 4.78 is 17.1. The molecule has 0 aliphatic carbocycles. The van der Waals surface area contributed by atoms with Crippen LogP contribution in [-0.2, 0) is 20.7 Å². The zero-order valence-electron chi connectivity index (χ0n) is 19.3. The lowest BCUT2D eigenvalue weighted by Gasteiger charge is -2.37. The maximum absolute atomic E-state index is 13.5. The summed E-state index contributed by atoms with van der Waals surface area (Å²) in [5.41, 5.74) is 1.13. The van der Waals surface area contributed by atoms with Gasteiger partial charge in [0.25, 0.3) is 0 Å². The van der Waals surface area contributed by atoms with Gasteiger partial charge in [0, 0.05) is 37.1 Å². The summed E-state index contributed by atoms with van der Waals surface area (Å²) in [7, 11) is 1.62. The number of rotatable bonds is 9. The Morgan fingerprint density at radius 2 is 2.12 bits per heavy atom. The van der Waals surface area contributed by atoms with Gasteiger partial charge in [0.1, 0.15) is 18.1 Å². The van der Waals surface area contributed by atoms with Crippen LogP contribution < -0.4 is 9.47 Å². The van der Waals surface area contributed by atoms with E-state index in [1.54, 1.807) is 23.3 Å². The van der Waals surface area contributed by atoms with Crippen molar-refractivity contribution in [3.63, 3.8) is 0 Å². The molecule has 2 amide bonds. The van der Waals surface area contributed by atoms with Gasteiger partial charge in [-0.2, -0.15) is 0 Å². The van der Waals surface area contributed by atoms with Crippen LogP contribution >= 0.6 is 11.3 Å². The number of benzene rings is 1. The number of hydrogen-bond donors (Lipinski definition) is 0. The molecule has 0 N–H and O–H groups in total. The predicted molar refractivity (Wildman–Crippen MR) is 127 cm³/mol. The van der Waals surface area contributed by atoms with Gasteiger partial charge < -0.3 is 24.0 Å². The Morgan fingerprint density at radius 3 is 2.88 bits per heavy atom. The minimum absolute atomic E-state index is 0.0173. The molecule has 0 unspecified atom stereocenters. The predicted octanol–water partition coefficient (Wildman–Crippen LogP) is 3.68. The van der Waals surface area contributed by atoms with Crippen molar-refractivity contribution >= 4 is 23.2 Å². The van der Waals surface area contributed by atoms with Gasteiger partial charge in [0.2, 0.25) is 11.8 Å². The first kappa shape index (κ1) is 23.6. The summed E-state index contributed by atoms with van der Waals surface area (Å²) in [5, 5.41) is 2.07. The fourth-order valence-electron chi connectivity index (χ4n) is 4.51. The van der Waals surface area contributed by atoms with E-state index in [1.807, 2.05) is 36.1 Å². The Balaban J connectivity index is 1.48. The Labute approximate surface area is 199 Å². The Kier molecular flexibility index (Phi) is 7.88. The highest BCUT2D eigenvalue weighted by Gasteiger charge is 2.34. The minimum atomic E-state index is -0.194. The maximum atomic E-state index is 13.5. The van der Waals surface area contributed by atoms with Gasteiger partial charge in [-0.25, -0.2) is 0 Å². The molecule has 0 bridgehead atoms. The summed E-state index contributed by atoms with van der Waals surface area (Å²) >= 11 is 1.72. The minimum Gasteiger partial charge on any atom is -0.497 e. The highest BCUT2D eigenvalue weighted by atomic mass is 32.1. The van der Waals surface area contributed by atoms with Crippen molar-refractivity contribution in [3.8, 4) is 11.5 Å². The van der Waals surface area contributed by atoms with Crippen molar-refractivity contribution in [2.24, 2.45) is 0 Å². The zero-order chi connectivity index (χ0) is 23.2. The molecule has 1 aromatic carbocycles. The average molecular weight is 473 g/mol. The van der Waals surface area contributed by atoms with Gasteiger partial charge in [0.05, 0.1) is 25.8 Å². The van der Waals surface area contributed by atoms with E-state index in [4.69, 9.17) is 14.2 Å². The molecule has 178 valence electrons. The molecule has 2 aromatic rings. The molecule has 8 heteroatoms. The Hall–Kier alpha value is -2.58. The molecule has 1 fully saturated rings. The molecule has 0 saturated carbocycles. The highest BCUT2D eigenvalue weighted by Crippen LogP contribution is 2.34. The summed E-state index contributed by atoms with van der Waals surface area (Å²) in [5.74, 6) is 1.36. The third kappa shape index (κ3) is 5.68. The van der Waals surface area contributed by atoms with Gasteiger partial charge in [-0.15, -0.1) is 11.3 Å². The molecular formula is C25H32N2O5S. The van der Waals surface area contributed by atoms with E-state index in [0.29, 0.717) is 31.9 Å². The van der Waals surface area contributed by atoms with Crippen molar-refractivity contribution in [3.05, 3.63) is 46.2 Å². The van der Waals surface area contributed by atoms with Crippen LogP contribution in [0.2, 0.25) is 0 Å². The van der Waals surface area contributed by atoms with Crippen LogP contribution in [0, 0.1) is 0 Å². The Morgan fingerprint density at radius 1 is 1.27 bits per heavy atom. The van der Waals surface area contributed by atoms with E-state index >= 15 is 0 Å². The number of nitrogens with zero attached hydrogens (tertiary/aromatic N) is 2. The smallest absolute Gasteiger partial charge is 0.242 e. The van der Waals surface area contributed by atoms with Crippen molar-refractivity contribution in [2.45, 2.75) is 44.8 Å². The molecule has 1 aromatic heterocycles. The van der Waals surface area contributed by atoms with Crippen LogP contribution in [0.3, 0.4) is 0 Å². The van der Waals surface area contributed by atoms with Gasteiger partial charge in [-0.05, 0) is 48.4 Å². The third-order valence-corrected chi connectivity index (χ3v) is 7.29. The second kappa shape index (κ2) is 11.0. The first-order chi connectivity index (χ1) is 16.1. The topological polar surface area (TPSA) is 68.3 Å². The fourth-order valence-corrected chi connectivity index (χ4v) is 5.44. The van der Waals surface area contributed by atoms with Crippen LogP contribution in [0.1, 0.15) is 42.7 Å². The number of amides is 2. The molecule has 4 rings (SSSR count). The van der Waals surface area contributed by atoms with Crippen molar-refractivity contribution in [1.82, 2.24) is 9.80 Å². The lowest BCUT2D eigenvalue weighted by molar-refractivity contribution is -0.143. The van der Waals surface area contributed by atoms with Crippen LogP contribution in [0.15, 0.2) is 35.7 Å². The number of carbonyl (C=O) groups is 2. The summed E-state index contributed by atoms with van der Waals surface area (Å²) in [6, 6.07) is 9.36. The SMILES string of the molecule is CCC(=O)N(CC(=O)N1CCc2sccc2[C@H]1COc1cccc(OC)c1)C[C@H]1CCCO1. The molecule has 2 aliphatic heterocycles. The van der Waals surface area contributed by atoms with E-state index in [-0.39, 0.29) is 30.5 Å². The second-order valence-electron chi connectivity index (χ2n) is 8.40. The number of ether oxygens (including phenoxy) is 3. The molecule has 1 saturated heterocycles. The highest BCUT2D eigenvalue weighted by molar-refractivity contribution is 7.10. The van der Waals surface area contributed by atoms with E-state index in [1.165, 1.54) is 4.88 Å². The molecule has 2 aliphatic rings. The normalized spacial score (nSPS) is 19.8. The molecule has 0 spiro atoms. The van der Waals surface area contributed by atoms with Crippen molar-refractivity contribution < 1.29 is 23.8 Å². The number of fused-ring (bicyclic) bond motifs is 1. The lowest BCUT2D eigenvalue weighted by atomic mass is 10.0. The lowest BCUT2D eigenvalue weighted by Crippen LogP contribution is -2.49. The monoisotopic (exact) mass is 472 g/mol. The van der Waals surface area contributed by atoms with E-state index in [9.17, 15) is 9.59 Å². The average Bonchev–Trinajstić information content (AvgIpc) is 3.53. The second-order valence-corrected chi connectivity index (χ2v) is 9.41. The number of methoxy groups -OCH3 is 1. The van der Waals surface area contributed by atoms with E-state index < -0.39 is 0 Å². The molecule has 0 radical (unpaired) electrons. The zero-order valence-corrected chi connectivity index (χ0v) is 20.1. The fraction of sp³-hybridized carbons (Fsp3) is 0.520. The number of carbonyl (C=O) groups excluding carboxylic acids is 2. The van der Waals surface area contributed by atoms with Crippen molar-refractivity contribution in [1.29, 1.82) is 0 Å². The first-order valence-corrected chi connectivity index (χ1v) is 12.5. The summed E-state index contributed by atoms with van der Waals surface area (Å²) in [4.78, 5) is 30.9. The number of hydrogen-bond acceptors (Lipinski definition) is 6. The van der Waals surface area contributed by atoms with Crippen LogP contribution in [0.5, 0.6) is 11.5 Å².